The highest BCUT2D eigenvalue weighted by Crippen LogP contribution is 2.46. The van der Waals surface area contributed by atoms with Gasteiger partial charge in [-0.05, 0) is 67.6 Å². The van der Waals surface area contributed by atoms with Gasteiger partial charge in [0.15, 0.2) is 46.0 Å². The van der Waals surface area contributed by atoms with Crippen LogP contribution in [0.4, 0.5) is 0 Å². The Balaban J connectivity index is 2.12. The molecule has 5 rings (SSSR count). The third-order valence-electron chi connectivity index (χ3n) is 10.1. The Bertz CT molecular complexity index is 2430. The minimum atomic E-state index is -0.195. The summed E-state index contributed by atoms with van der Waals surface area (Å²) in [6, 6.07) is 7.91. The molecule has 0 saturated heterocycles. The smallest absolute Gasteiger partial charge is 0.189 e. The third kappa shape index (κ3) is 17.6. The van der Waals surface area contributed by atoms with Crippen molar-refractivity contribution >= 4 is 45.1 Å². The Morgan fingerprint density at radius 3 is 0.653 bits per heavy atom. The van der Waals surface area contributed by atoms with Crippen molar-refractivity contribution in [2.75, 3.05) is 52.9 Å². The zero-order valence-corrected chi connectivity index (χ0v) is 49.1. The Kier molecular flexibility index (Phi) is 17.0. The van der Waals surface area contributed by atoms with Gasteiger partial charge in [-0.2, -0.15) is 0 Å². The lowest BCUT2D eigenvalue weighted by Gasteiger charge is -2.23. The van der Waals surface area contributed by atoms with Crippen LogP contribution in [0.3, 0.4) is 0 Å². The summed E-state index contributed by atoms with van der Waals surface area (Å²) in [5, 5.41) is 0. The molecular formula is C60H94N4O8. The van der Waals surface area contributed by atoms with Crippen molar-refractivity contribution in [1.82, 2.24) is 19.9 Å². The fraction of sp³-hybridized carbons (Fsp3) is 0.667. The molecule has 0 radical (unpaired) electrons. The zero-order chi connectivity index (χ0) is 54.2. The van der Waals surface area contributed by atoms with E-state index in [-0.39, 0.29) is 43.3 Å². The molecule has 0 saturated carbocycles. The molecule has 0 atom stereocenters. The van der Waals surface area contributed by atoms with E-state index in [0.717, 1.165) is 0 Å². The second-order valence-corrected chi connectivity index (χ2v) is 29.7. The molecule has 402 valence electrons. The summed E-state index contributed by atoms with van der Waals surface area (Å²) >= 11 is 0. The van der Waals surface area contributed by atoms with E-state index in [0.29, 0.717) is 144 Å². The number of rotatable bonds is 16. The van der Waals surface area contributed by atoms with E-state index in [9.17, 15) is 0 Å². The molecule has 2 aliphatic heterocycles. The van der Waals surface area contributed by atoms with Gasteiger partial charge in [0.2, 0.25) is 0 Å². The maximum atomic E-state index is 6.90. The largest absolute Gasteiger partial charge is 0.487 e. The van der Waals surface area contributed by atoms with E-state index in [2.05, 4.69) is 176 Å². The van der Waals surface area contributed by atoms with Gasteiger partial charge in [0.1, 0.15) is 22.8 Å². The summed E-state index contributed by atoms with van der Waals surface area (Å²) < 4.78 is 55.1. The summed E-state index contributed by atoms with van der Waals surface area (Å²) in [5.74, 6) is 4.25. The fourth-order valence-corrected chi connectivity index (χ4v) is 6.72. The average molecular weight is 999 g/mol. The number of ether oxygens (including phenoxy) is 8. The first kappa shape index (κ1) is 57.9. The van der Waals surface area contributed by atoms with Crippen LogP contribution in [0.5, 0.6) is 23.0 Å². The van der Waals surface area contributed by atoms with Gasteiger partial charge in [0, 0.05) is 0 Å². The molecule has 0 aliphatic carbocycles. The van der Waals surface area contributed by atoms with Crippen LogP contribution in [0.2, 0.25) is 0 Å². The number of nitrogens with one attached hydrogen (secondary N) is 2. The molecule has 0 aromatic carbocycles. The minimum Gasteiger partial charge on any atom is -0.487 e. The van der Waals surface area contributed by atoms with Crippen LogP contribution in [0.15, 0.2) is 24.3 Å². The molecular weight excluding hydrogens is 905 g/mol. The number of H-pyrrole nitrogens is 2. The van der Waals surface area contributed by atoms with Crippen molar-refractivity contribution in [3.05, 3.63) is 47.0 Å². The Morgan fingerprint density at radius 1 is 0.264 bits per heavy atom. The molecule has 2 N–H and O–H groups in total. The van der Waals surface area contributed by atoms with Crippen LogP contribution in [0.1, 0.15) is 189 Å². The van der Waals surface area contributed by atoms with Crippen LogP contribution in [-0.2, 0) is 18.9 Å². The van der Waals surface area contributed by atoms with Crippen molar-refractivity contribution in [3.8, 4) is 23.0 Å². The lowest BCUT2D eigenvalue weighted by atomic mass is 9.98. The van der Waals surface area contributed by atoms with Gasteiger partial charge in [-0.25, -0.2) is 9.97 Å². The number of aromatic nitrogens is 4. The molecule has 12 nitrogen and oxygen atoms in total. The standard InChI is InChI=1S/C60H94N4O8/c1-53(2,3)29-65-45-37-25-39-47(67-31-55(7,8)9)49(69-33-57(13,14)15)41(62-39)27-43-51(71-35-59(19,20)21)52(72-36-60(22,23)24)44(64-43)28-42-50(70-34-58(16,17)18)48(68-32-56(10,11)12)40(63-42)26-38(61-37)46(45)66-30-54(4,5)6/h25-28,61-62H,29-36H2,1-24H3. The summed E-state index contributed by atoms with van der Waals surface area (Å²) in [4.78, 5) is 18.3. The highest BCUT2D eigenvalue weighted by atomic mass is 16.5. The first-order chi connectivity index (χ1) is 32.6. The van der Waals surface area contributed by atoms with Crippen LogP contribution in [-0.4, -0.2) is 72.8 Å². The third-order valence-corrected chi connectivity index (χ3v) is 10.1. The monoisotopic (exact) mass is 999 g/mol. The first-order valence-electron chi connectivity index (χ1n) is 26.0. The number of hydrogen-bond donors (Lipinski definition) is 2. The van der Waals surface area contributed by atoms with Crippen LogP contribution >= 0.6 is 0 Å². The maximum Gasteiger partial charge on any atom is 0.189 e. The van der Waals surface area contributed by atoms with E-state index in [1.807, 2.05) is 24.3 Å². The predicted molar refractivity (Wildman–Crippen MR) is 296 cm³/mol. The molecule has 0 amide bonds. The second-order valence-electron chi connectivity index (χ2n) is 29.7. The Labute approximate surface area is 433 Å². The summed E-state index contributed by atoms with van der Waals surface area (Å²) in [7, 11) is 0. The van der Waals surface area contributed by atoms with Crippen molar-refractivity contribution < 1.29 is 37.9 Å². The van der Waals surface area contributed by atoms with Crippen LogP contribution in [0, 0.1) is 43.3 Å². The van der Waals surface area contributed by atoms with Gasteiger partial charge < -0.3 is 47.9 Å². The summed E-state index contributed by atoms with van der Waals surface area (Å²) in [5.41, 5.74) is 3.26. The molecule has 0 unspecified atom stereocenters. The molecule has 8 bridgehead atoms. The van der Waals surface area contributed by atoms with Crippen LogP contribution < -0.4 is 18.9 Å². The normalized spacial score (nSPS) is 14.4. The molecule has 0 fully saturated rings. The summed E-state index contributed by atoms with van der Waals surface area (Å²) in [6.07, 6.45) is 0. The van der Waals surface area contributed by atoms with Crippen molar-refractivity contribution in [3.63, 3.8) is 0 Å². The lowest BCUT2D eigenvalue weighted by Crippen LogP contribution is -2.19. The SMILES string of the molecule is CC(C)(C)COC1=C(OCC(C)(C)C)c2cc3[nH]c(cc4[nH]c(cc5nc(cc1n2)C(OCC(C)(C)C)=C5OCC(C)(C)C)c(OCC(C)(C)C)c4OCC(C)(C)C)c(OCC(C)(C)C)c3OCC(C)(C)C. The first-order valence-corrected chi connectivity index (χ1v) is 26.0. The van der Waals surface area contributed by atoms with Gasteiger partial charge in [0.25, 0.3) is 0 Å². The van der Waals surface area contributed by atoms with Gasteiger partial charge in [-0.15, -0.1) is 0 Å². The highest BCUT2D eigenvalue weighted by molar-refractivity contribution is 5.92. The fourth-order valence-electron chi connectivity index (χ4n) is 6.72. The highest BCUT2D eigenvalue weighted by Gasteiger charge is 2.33. The van der Waals surface area contributed by atoms with Gasteiger partial charge in [0.05, 0.1) is 74.9 Å². The molecule has 12 heteroatoms. The van der Waals surface area contributed by atoms with E-state index >= 15 is 0 Å². The van der Waals surface area contributed by atoms with Gasteiger partial charge in [-0.1, -0.05) is 166 Å². The van der Waals surface area contributed by atoms with Crippen molar-refractivity contribution in [2.45, 2.75) is 166 Å². The number of aromatic amines is 2. The van der Waals surface area contributed by atoms with Gasteiger partial charge in [-0.3, -0.25) is 0 Å². The molecule has 5 heterocycles. The molecule has 0 spiro atoms. The van der Waals surface area contributed by atoms with E-state index in [4.69, 9.17) is 47.9 Å². The van der Waals surface area contributed by atoms with E-state index < -0.39 is 0 Å². The molecule has 3 aromatic rings. The molecule has 72 heavy (non-hydrogen) atoms. The average Bonchev–Trinajstić information content (AvgIpc) is 3.88. The minimum absolute atomic E-state index is 0.183. The number of hydrogen-bond acceptors (Lipinski definition) is 10. The Hall–Kier alpha value is -5.00. The number of nitrogens with zero attached hydrogens (tertiary/aromatic N) is 2. The predicted octanol–water partition coefficient (Wildman–Crippen LogP) is 15.9. The lowest BCUT2D eigenvalue weighted by molar-refractivity contribution is 0.148. The maximum absolute atomic E-state index is 6.90. The Morgan fingerprint density at radius 2 is 0.444 bits per heavy atom. The van der Waals surface area contributed by atoms with Gasteiger partial charge >= 0.3 is 0 Å². The molecule has 3 aromatic heterocycles. The zero-order valence-electron chi connectivity index (χ0n) is 49.1. The molecule has 2 aliphatic rings. The van der Waals surface area contributed by atoms with Crippen molar-refractivity contribution in [1.29, 1.82) is 0 Å². The van der Waals surface area contributed by atoms with E-state index in [1.54, 1.807) is 0 Å². The van der Waals surface area contributed by atoms with Crippen molar-refractivity contribution in [2.24, 2.45) is 43.3 Å². The second kappa shape index (κ2) is 21.1. The topological polar surface area (TPSA) is 131 Å². The number of fused-ring (bicyclic) bond motifs is 8. The summed E-state index contributed by atoms with van der Waals surface area (Å²) in [6.45, 7) is 54.9. The quantitative estimate of drug-likeness (QED) is 0.143. The van der Waals surface area contributed by atoms with E-state index in [1.165, 1.54) is 0 Å². The van der Waals surface area contributed by atoms with Crippen LogP contribution in [0.25, 0.3) is 45.1 Å².